The van der Waals surface area contributed by atoms with E-state index >= 15 is 0 Å². The molecule has 3 aromatic rings. The molecule has 1 aromatic heterocycles. The Bertz CT molecular complexity index is 965. The largest absolute Gasteiger partial charge is 0.472 e. The SMILES string of the molecule is C1=NC(c2ccccc2)N2C(OCc3c[nH]nn3)=Cc3ccccc3C12. The first-order chi connectivity index (χ1) is 12.9. The lowest BCUT2D eigenvalue weighted by Gasteiger charge is -2.36. The second kappa shape index (κ2) is 6.15. The number of fused-ring (bicyclic) bond motifs is 3. The van der Waals surface area contributed by atoms with Crippen LogP contribution in [0.15, 0.2) is 71.7 Å². The fraction of sp³-hybridized carbons (Fsp3) is 0.150. The average Bonchev–Trinajstić information content (AvgIpc) is 3.37. The third-order valence-electron chi connectivity index (χ3n) is 4.71. The highest BCUT2D eigenvalue weighted by Gasteiger charge is 2.38. The Kier molecular flexibility index (Phi) is 3.52. The number of H-pyrrole nitrogens is 1. The summed E-state index contributed by atoms with van der Waals surface area (Å²) in [4.78, 5) is 7.01. The Hall–Kier alpha value is -3.41. The minimum Gasteiger partial charge on any atom is -0.472 e. The molecule has 0 amide bonds. The number of hydrogen-bond donors (Lipinski definition) is 1. The summed E-state index contributed by atoms with van der Waals surface area (Å²) < 4.78 is 6.13. The molecule has 26 heavy (non-hydrogen) atoms. The summed E-state index contributed by atoms with van der Waals surface area (Å²) in [5.41, 5.74) is 4.30. The molecular weight excluding hydrogens is 326 g/mol. The van der Waals surface area contributed by atoms with Crippen molar-refractivity contribution in [1.82, 2.24) is 20.3 Å². The van der Waals surface area contributed by atoms with Gasteiger partial charge in [-0.25, -0.2) is 0 Å². The molecule has 1 N–H and O–H groups in total. The van der Waals surface area contributed by atoms with Crippen molar-refractivity contribution in [1.29, 1.82) is 0 Å². The molecule has 2 atom stereocenters. The fourth-order valence-electron chi connectivity index (χ4n) is 3.50. The van der Waals surface area contributed by atoms with Crippen molar-refractivity contribution in [3.05, 3.63) is 89.1 Å². The number of aliphatic imine (C=N–C) groups is 1. The van der Waals surface area contributed by atoms with Gasteiger partial charge in [0.2, 0.25) is 0 Å². The molecule has 2 aliphatic rings. The molecule has 0 radical (unpaired) electrons. The van der Waals surface area contributed by atoms with E-state index in [1.807, 2.05) is 30.5 Å². The Balaban J connectivity index is 1.53. The molecule has 6 heteroatoms. The van der Waals surface area contributed by atoms with Crippen LogP contribution in [0.1, 0.15) is 34.6 Å². The monoisotopic (exact) mass is 343 g/mol. The second-order valence-electron chi connectivity index (χ2n) is 6.30. The maximum absolute atomic E-state index is 6.13. The van der Waals surface area contributed by atoms with Gasteiger partial charge in [0.1, 0.15) is 18.5 Å². The van der Waals surface area contributed by atoms with Gasteiger partial charge in [-0.15, -0.1) is 5.10 Å². The summed E-state index contributed by atoms with van der Waals surface area (Å²) in [5.74, 6) is 0.794. The van der Waals surface area contributed by atoms with Crippen LogP contribution in [0.25, 0.3) is 6.08 Å². The first-order valence-corrected chi connectivity index (χ1v) is 8.55. The van der Waals surface area contributed by atoms with Crippen molar-refractivity contribution < 1.29 is 4.74 Å². The van der Waals surface area contributed by atoms with Gasteiger partial charge in [0, 0.05) is 18.5 Å². The topological polar surface area (TPSA) is 66.4 Å². The summed E-state index contributed by atoms with van der Waals surface area (Å²) in [7, 11) is 0. The zero-order valence-corrected chi connectivity index (χ0v) is 14.0. The van der Waals surface area contributed by atoms with Gasteiger partial charge in [0.15, 0.2) is 5.88 Å². The Morgan fingerprint density at radius 1 is 1.04 bits per heavy atom. The van der Waals surface area contributed by atoms with E-state index < -0.39 is 0 Å². The van der Waals surface area contributed by atoms with Gasteiger partial charge in [-0.2, -0.15) is 0 Å². The van der Waals surface area contributed by atoms with Crippen LogP contribution in [0.2, 0.25) is 0 Å². The lowest BCUT2D eigenvalue weighted by atomic mass is 9.96. The van der Waals surface area contributed by atoms with Gasteiger partial charge in [0.05, 0.1) is 6.04 Å². The molecule has 6 nitrogen and oxygen atoms in total. The zero-order chi connectivity index (χ0) is 17.3. The number of aromatic nitrogens is 3. The molecule has 2 aromatic carbocycles. The van der Waals surface area contributed by atoms with Crippen LogP contribution in [0.3, 0.4) is 0 Å². The van der Waals surface area contributed by atoms with Crippen molar-refractivity contribution in [3.8, 4) is 0 Å². The minimum absolute atomic E-state index is 0.0636. The maximum atomic E-state index is 6.13. The van der Waals surface area contributed by atoms with Gasteiger partial charge in [-0.3, -0.25) is 10.1 Å². The summed E-state index contributed by atoms with van der Waals surface area (Å²) in [5, 5.41) is 10.5. The minimum atomic E-state index is -0.0990. The molecule has 3 heterocycles. The number of hydrogen-bond acceptors (Lipinski definition) is 5. The highest BCUT2D eigenvalue weighted by atomic mass is 16.5. The highest BCUT2D eigenvalue weighted by Crippen LogP contribution is 2.44. The van der Waals surface area contributed by atoms with E-state index in [4.69, 9.17) is 9.73 Å². The molecular formula is C20H17N5O. The lowest BCUT2D eigenvalue weighted by molar-refractivity contribution is 0.0738. The van der Waals surface area contributed by atoms with Crippen LogP contribution in [0.4, 0.5) is 0 Å². The van der Waals surface area contributed by atoms with E-state index in [-0.39, 0.29) is 12.2 Å². The van der Waals surface area contributed by atoms with E-state index in [1.165, 1.54) is 5.56 Å². The van der Waals surface area contributed by atoms with Crippen LogP contribution in [-0.4, -0.2) is 26.5 Å². The standard InChI is InChI=1S/C20H17N5O/c1-2-6-14(7-3-1)20-21-12-18-17-9-5-4-8-15(17)10-19(25(18)20)26-13-16-11-22-24-23-16/h1-12,18,20H,13H2,(H,22,23,24). The molecule has 0 spiro atoms. The zero-order valence-electron chi connectivity index (χ0n) is 14.0. The summed E-state index contributed by atoms with van der Waals surface area (Å²) in [6, 6.07) is 18.7. The van der Waals surface area contributed by atoms with Gasteiger partial charge >= 0.3 is 0 Å². The molecule has 0 fully saturated rings. The Morgan fingerprint density at radius 2 is 1.88 bits per heavy atom. The number of nitrogens with zero attached hydrogens (tertiary/aromatic N) is 4. The summed E-state index contributed by atoms with van der Waals surface area (Å²) in [6.07, 6.45) is 5.74. The second-order valence-corrected chi connectivity index (χ2v) is 6.30. The Morgan fingerprint density at radius 3 is 2.73 bits per heavy atom. The molecule has 0 saturated carbocycles. The fourth-order valence-corrected chi connectivity index (χ4v) is 3.50. The third kappa shape index (κ3) is 2.47. The normalized spacial score (nSPS) is 20.5. The number of ether oxygens (including phenoxy) is 1. The van der Waals surface area contributed by atoms with E-state index in [0.29, 0.717) is 6.61 Å². The van der Waals surface area contributed by atoms with E-state index in [2.05, 4.69) is 56.7 Å². The first kappa shape index (κ1) is 14.9. The van der Waals surface area contributed by atoms with Gasteiger partial charge < -0.3 is 9.64 Å². The summed E-state index contributed by atoms with van der Waals surface area (Å²) in [6.45, 7) is 0.356. The maximum Gasteiger partial charge on any atom is 0.193 e. The van der Waals surface area contributed by atoms with Crippen molar-refractivity contribution in [2.45, 2.75) is 18.8 Å². The van der Waals surface area contributed by atoms with Gasteiger partial charge in [0.25, 0.3) is 0 Å². The molecule has 0 saturated heterocycles. The molecule has 5 rings (SSSR count). The third-order valence-corrected chi connectivity index (χ3v) is 4.71. The number of rotatable bonds is 4. The first-order valence-electron chi connectivity index (χ1n) is 8.55. The van der Waals surface area contributed by atoms with Crippen molar-refractivity contribution in [2.24, 2.45) is 4.99 Å². The highest BCUT2D eigenvalue weighted by molar-refractivity contribution is 5.76. The smallest absolute Gasteiger partial charge is 0.193 e. The van der Waals surface area contributed by atoms with Crippen LogP contribution >= 0.6 is 0 Å². The van der Waals surface area contributed by atoms with Gasteiger partial charge in [-0.05, 0) is 16.7 Å². The number of nitrogens with one attached hydrogen (secondary N) is 1. The van der Waals surface area contributed by atoms with Crippen LogP contribution in [-0.2, 0) is 11.3 Å². The predicted molar refractivity (Wildman–Crippen MR) is 97.8 cm³/mol. The van der Waals surface area contributed by atoms with Crippen LogP contribution in [0, 0.1) is 0 Å². The van der Waals surface area contributed by atoms with E-state index in [1.54, 1.807) is 6.20 Å². The molecule has 2 aliphatic heterocycles. The van der Waals surface area contributed by atoms with Crippen molar-refractivity contribution in [3.63, 3.8) is 0 Å². The quantitative estimate of drug-likeness (QED) is 0.788. The molecule has 2 unspecified atom stereocenters. The Labute approximate surface area is 150 Å². The molecule has 128 valence electrons. The number of benzene rings is 2. The average molecular weight is 343 g/mol. The predicted octanol–water partition coefficient (Wildman–Crippen LogP) is 3.46. The van der Waals surface area contributed by atoms with Crippen LogP contribution < -0.4 is 0 Å². The van der Waals surface area contributed by atoms with Crippen molar-refractivity contribution in [2.75, 3.05) is 0 Å². The molecule has 0 bridgehead atoms. The molecule has 0 aliphatic carbocycles. The number of aromatic amines is 1. The lowest BCUT2D eigenvalue weighted by Crippen LogP contribution is -2.31. The van der Waals surface area contributed by atoms with Gasteiger partial charge in [-0.1, -0.05) is 59.8 Å². The van der Waals surface area contributed by atoms with Crippen molar-refractivity contribution >= 4 is 12.3 Å². The summed E-state index contributed by atoms with van der Waals surface area (Å²) >= 11 is 0. The van der Waals surface area contributed by atoms with E-state index in [9.17, 15) is 0 Å². The van der Waals surface area contributed by atoms with E-state index in [0.717, 1.165) is 22.7 Å². The van der Waals surface area contributed by atoms with Crippen LogP contribution in [0.5, 0.6) is 0 Å².